The van der Waals surface area contributed by atoms with Crippen LogP contribution in [0, 0.1) is 17.6 Å². The van der Waals surface area contributed by atoms with E-state index < -0.39 is 17.7 Å². The number of piperidine rings is 1. The van der Waals surface area contributed by atoms with Crippen molar-refractivity contribution in [2.24, 2.45) is 5.92 Å². The highest BCUT2D eigenvalue weighted by Crippen LogP contribution is 2.21. The Kier molecular flexibility index (Phi) is 4.73. The number of aliphatic hydroxyl groups excluding tert-OH is 1. The van der Waals surface area contributed by atoms with Crippen molar-refractivity contribution in [1.29, 1.82) is 0 Å². The Morgan fingerprint density at radius 1 is 1.43 bits per heavy atom. The first kappa shape index (κ1) is 15.6. The monoisotopic (exact) mass is 295 g/mol. The molecule has 114 valence electrons. The van der Waals surface area contributed by atoms with Crippen LogP contribution < -0.4 is 0 Å². The number of nitrogens with zero attached hydrogens (tertiary/aromatic N) is 1. The van der Waals surface area contributed by atoms with Gasteiger partial charge in [-0.3, -0.25) is 4.79 Å². The fraction of sp³-hybridized carbons (Fsp3) is 0.438. The van der Waals surface area contributed by atoms with Gasteiger partial charge in [0, 0.05) is 30.8 Å². The lowest BCUT2D eigenvalue weighted by Crippen LogP contribution is -2.45. The fourth-order valence-corrected chi connectivity index (χ4v) is 2.41. The molecule has 0 radical (unpaired) electrons. The molecule has 1 aromatic rings. The second kappa shape index (κ2) is 6.35. The molecule has 2 rings (SSSR count). The minimum atomic E-state index is -0.691. The summed E-state index contributed by atoms with van der Waals surface area (Å²) in [6, 6.07) is 3.27. The van der Waals surface area contributed by atoms with Crippen molar-refractivity contribution in [3.8, 4) is 0 Å². The molecule has 0 saturated carbocycles. The lowest BCUT2D eigenvalue weighted by atomic mass is 9.96. The summed E-state index contributed by atoms with van der Waals surface area (Å²) in [6.07, 6.45) is 1.54. The Morgan fingerprint density at radius 2 is 2.14 bits per heavy atom. The van der Waals surface area contributed by atoms with Crippen molar-refractivity contribution < 1.29 is 18.7 Å². The van der Waals surface area contributed by atoms with Gasteiger partial charge in [0.2, 0.25) is 5.91 Å². The molecule has 0 spiro atoms. The molecule has 5 heteroatoms. The molecule has 0 aliphatic carbocycles. The molecular weight excluding hydrogens is 276 g/mol. The van der Waals surface area contributed by atoms with Crippen LogP contribution in [0.4, 0.5) is 8.78 Å². The number of halogens is 2. The van der Waals surface area contributed by atoms with Gasteiger partial charge in [0.15, 0.2) is 0 Å². The second-order valence-corrected chi connectivity index (χ2v) is 5.57. The van der Waals surface area contributed by atoms with E-state index in [1.807, 2.05) is 6.92 Å². The number of carbonyl (C=O) groups is 1. The van der Waals surface area contributed by atoms with Gasteiger partial charge in [-0.1, -0.05) is 6.92 Å². The minimum absolute atomic E-state index is 0.175. The Hall–Kier alpha value is -1.75. The Balaban J connectivity index is 2.13. The summed E-state index contributed by atoms with van der Waals surface area (Å²) < 4.78 is 26.5. The summed E-state index contributed by atoms with van der Waals surface area (Å²) >= 11 is 0. The van der Waals surface area contributed by atoms with Gasteiger partial charge in [0.1, 0.15) is 11.6 Å². The summed E-state index contributed by atoms with van der Waals surface area (Å²) in [5.41, 5.74) is 0.640. The Labute approximate surface area is 122 Å². The second-order valence-electron chi connectivity index (χ2n) is 5.57. The molecule has 1 aromatic carbocycles. The van der Waals surface area contributed by atoms with Crippen molar-refractivity contribution in [2.75, 3.05) is 13.1 Å². The maximum atomic E-state index is 13.7. The summed E-state index contributed by atoms with van der Waals surface area (Å²) in [7, 11) is 0. The molecule has 2 atom stereocenters. The molecule has 1 heterocycles. The van der Waals surface area contributed by atoms with Crippen molar-refractivity contribution in [3.63, 3.8) is 0 Å². The van der Waals surface area contributed by atoms with E-state index in [-0.39, 0.29) is 23.9 Å². The van der Waals surface area contributed by atoms with E-state index in [0.29, 0.717) is 12.1 Å². The highest BCUT2D eigenvalue weighted by molar-refractivity contribution is 5.95. The normalized spacial score (nSPS) is 23.3. The molecule has 1 amide bonds. The van der Waals surface area contributed by atoms with Gasteiger partial charge in [-0.05, 0) is 37.0 Å². The van der Waals surface area contributed by atoms with Crippen LogP contribution in [-0.4, -0.2) is 35.1 Å². The Morgan fingerprint density at radius 3 is 2.76 bits per heavy atom. The summed E-state index contributed by atoms with van der Waals surface area (Å²) in [4.78, 5) is 13.7. The average Bonchev–Trinajstić information content (AvgIpc) is 2.41. The van der Waals surface area contributed by atoms with Crippen LogP contribution in [0.25, 0.3) is 5.57 Å². The van der Waals surface area contributed by atoms with Gasteiger partial charge in [0.05, 0.1) is 6.10 Å². The van der Waals surface area contributed by atoms with Crippen LogP contribution in [-0.2, 0) is 4.79 Å². The van der Waals surface area contributed by atoms with Gasteiger partial charge in [-0.25, -0.2) is 8.78 Å². The zero-order valence-corrected chi connectivity index (χ0v) is 12.1. The molecule has 1 fully saturated rings. The molecule has 21 heavy (non-hydrogen) atoms. The van der Waals surface area contributed by atoms with Gasteiger partial charge in [0.25, 0.3) is 0 Å². The van der Waals surface area contributed by atoms with Crippen molar-refractivity contribution >= 4 is 11.5 Å². The van der Waals surface area contributed by atoms with Crippen LogP contribution in [0.1, 0.15) is 25.8 Å². The number of hydrogen-bond donors (Lipinski definition) is 1. The molecule has 0 aromatic heterocycles. The van der Waals surface area contributed by atoms with E-state index in [4.69, 9.17) is 0 Å². The zero-order chi connectivity index (χ0) is 15.6. The topological polar surface area (TPSA) is 40.5 Å². The van der Waals surface area contributed by atoms with E-state index in [1.165, 1.54) is 12.1 Å². The van der Waals surface area contributed by atoms with Crippen LogP contribution >= 0.6 is 0 Å². The van der Waals surface area contributed by atoms with Crippen LogP contribution in [0.15, 0.2) is 24.3 Å². The minimum Gasteiger partial charge on any atom is -0.391 e. The number of aliphatic hydroxyl groups is 1. The molecular formula is C16H19F2NO2. The lowest BCUT2D eigenvalue weighted by Gasteiger charge is -2.33. The molecule has 1 aliphatic heterocycles. The smallest absolute Gasteiger partial charge is 0.246 e. The molecule has 0 bridgehead atoms. The molecule has 3 nitrogen and oxygen atoms in total. The number of benzene rings is 1. The number of hydrogen-bond acceptors (Lipinski definition) is 2. The van der Waals surface area contributed by atoms with E-state index in [1.54, 1.807) is 11.8 Å². The lowest BCUT2D eigenvalue weighted by molar-refractivity contribution is -0.130. The van der Waals surface area contributed by atoms with Crippen LogP contribution in [0.2, 0.25) is 0 Å². The number of β-amino-alcohol motifs (C(OH)–C–C–N with tert-alkyl or cyclic N) is 1. The zero-order valence-electron chi connectivity index (χ0n) is 12.1. The summed E-state index contributed by atoms with van der Waals surface area (Å²) in [6.45, 7) is 4.42. The van der Waals surface area contributed by atoms with E-state index in [2.05, 4.69) is 0 Å². The number of allylic oxidation sites excluding steroid dienone is 1. The van der Waals surface area contributed by atoms with E-state index in [9.17, 15) is 18.7 Å². The maximum Gasteiger partial charge on any atom is 0.246 e. The number of carbonyl (C=O) groups excluding carboxylic acids is 1. The first-order valence-electron chi connectivity index (χ1n) is 6.99. The van der Waals surface area contributed by atoms with E-state index >= 15 is 0 Å². The molecule has 1 N–H and O–H groups in total. The predicted octanol–water partition coefficient (Wildman–Crippen LogP) is 2.60. The summed E-state index contributed by atoms with van der Waals surface area (Å²) in [5.74, 6) is -1.43. The van der Waals surface area contributed by atoms with Gasteiger partial charge >= 0.3 is 0 Å². The third-order valence-corrected chi connectivity index (χ3v) is 3.93. The maximum absolute atomic E-state index is 13.7. The highest BCUT2D eigenvalue weighted by atomic mass is 19.1. The third-order valence-electron chi connectivity index (χ3n) is 3.93. The van der Waals surface area contributed by atoms with Gasteiger partial charge in [-0.2, -0.15) is 0 Å². The first-order chi connectivity index (χ1) is 9.88. The molecule has 1 saturated heterocycles. The van der Waals surface area contributed by atoms with Crippen molar-refractivity contribution in [1.82, 2.24) is 4.90 Å². The SMILES string of the molecule is C/C(=C/C(=O)N1CCC(C)C(O)C1)c1ccc(F)cc1F. The quantitative estimate of drug-likeness (QED) is 0.852. The molecule has 1 aliphatic rings. The molecule has 2 unspecified atom stereocenters. The standard InChI is InChI=1S/C16H19F2NO2/c1-10-5-6-19(9-15(10)20)16(21)7-11(2)13-4-3-12(17)8-14(13)18/h3-4,7-8,10,15,20H,5-6,9H2,1-2H3/b11-7-. The number of likely N-dealkylation sites (tertiary alicyclic amines) is 1. The van der Waals surface area contributed by atoms with Crippen LogP contribution in [0.3, 0.4) is 0 Å². The van der Waals surface area contributed by atoms with Crippen molar-refractivity contribution in [2.45, 2.75) is 26.4 Å². The first-order valence-corrected chi connectivity index (χ1v) is 6.99. The number of rotatable bonds is 2. The van der Waals surface area contributed by atoms with Crippen LogP contribution in [0.5, 0.6) is 0 Å². The predicted molar refractivity (Wildman–Crippen MR) is 76.4 cm³/mol. The fourth-order valence-electron chi connectivity index (χ4n) is 2.41. The highest BCUT2D eigenvalue weighted by Gasteiger charge is 2.26. The van der Waals surface area contributed by atoms with Gasteiger partial charge < -0.3 is 10.0 Å². The third kappa shape index (κ3) is 3.67. The summed E-state index contributed by atoms with van der Waals surface area (Å²) in [5, 5.41) is 9.81. The van der Waals surface area contributed by atoms with Gasteiger partial charge in [-0.15, -0.1) is 0 Å². The number of amides is 1. The average molecular weight is 295 g/mol. The van der Waals surface area contributed by atoms with Crippen molar-refractivity contribution in [3.05, 3.63) is 41.5 Å². The largest absolute Gasteiger partial charge is 0.391 e. The van der Waals surface area contributed by atoms with E-state index in [0.717, 1.165) is 18.6 Å². The Bertz CT molecular complexity index is 571.